The molecule has 1 N–H and O–H groups in total. The SMILES string of the molecule is CC(C)(C)[C@H]1OC(=O)[C@H]([14C@H](O)c2ccc3c(c2)OCO3)N1C(=O)OCc1ccccc1. The molecule has 2 heterocycles. The zero-order valence-corrected chi connectivity index (χ0v) is 17.6. The minimum absolute atomic E-state index is 0.0358. The van der Waals surface area contributed by atoms with Gasteiger partial charge in [-0.1, -0.05) is 57.2 Å². The molecule has 1 saturated heterocycles. The van der Waals surface area contributed by atoms with Gasteiger partial charge in [-0.3, -0.25) is 4.90 Å². The van der Waals surface area contributed by atoms with Crippen LogP contribution in [0.25, 0.3) is 0 Å². The summed E-state index contributed by atoms with van der Waals surface area (Å²) in [6.07, 6.45) is -2.96. The molecule has 31 heavy (non-hydrogen) atoms. The maximum Gasteiger partial charge on any atom is 0.413 e. The predicted octanol–water partition coefficient (Wildman–Crippen LogP) is 3.39. The maximum atomic E-state index is 13.1. The van der Waals surface area contributed by atoms with Crippen LogP contribution >= 0.6 is 0 Å². The smallest absolute Gasteiger partial charge is 0.413 e. The fraction of sp³-hybridized carbons (Fsp3) is 0.391. The highest BCUT2D eigenvalue weighted by Gasteiger charge is 2.53. The van der Waals surface area contributed by atoms with E-state index in [1.54, 1.807) is 18.2 Å². The molecule has 0 aromatic heterocycles. The molecule has 2 aromatic carbocycles. The Morgan fingerprint density at radius 3 is 2.58 bits per heavy atom. The number of fused-ring (bicyclic) bond motifs is 1. The molecule has 3 atom stereocenters. The molecule has 2 aromatic rings. The van der Waals surface area contributed by atoms with Gasteiger partial charge in [-0.15, -0.1) is 0 Å². The van der Waals surface area contributed by atoms with E-state index in [2.05, 4.69) is 0 Å². The summed E-state index contributed by atoms with van der Waals surface area (Å²) in [5.41, 5.74) is 0.620. The van der Waals surface area contributed by atoms with Gasteiger partial charge in [0.2, 0.25) is 6.79 Å². The summed E-state index contributed by atoms with van der Waals surface area (Å²) in [6.45, 7) is 5.66. The Morgan fingerprint density at radius 2 is 1.87 bits per heavy atom. The number of hydrogen-bond donors (Lipinski definition) is 1. The summed E-state index contributed by atoms with van der Waals surface area (Å²) < 4.78 is 21.7. The number of ether oxygens (including phenoxy) is 4. The first-order valence-corrected chi connectivity index (χ1v) is 10.0. The van der Waals surface area contributed by atoms with E-state index < -0.39 is 35.9 Å². The molecule has 8 nitrogen and oxygen atoms in total. The molecule has 0 unspecified atom stereocenters. The summed E-state index contributed by atoms with van der Waals surface area (Å²) >= 11 is 0. The third kappa shape index (κ3) is 4.16. The Balaban J connectivity index is 1.60. The summed E-state index contributed by atoms with van der Waals surface area (Å²) in [6, 6.07) is 12.8. The first-order valence-electron chi connectivity index (χ1n) is 10.0. The number of cyclic esters (lactones) is 1. The highest BCUT2D eigenvalue weighted by Crippen LogP contribution is 2.40. The second-order valence-electron chi connectivity index (χ2n) is 8.61. The molecule has 2 aliphatic heterocycles. The van der Waals surface area contributed by atoms with E-state index in [1.165, 1.54) is 4.90 Å². The van der Waals surface area contributed by atoms with Gasteiger partial charge in [0.25, 0.3) is 0 Å². The number of aliphatic hydroxyl groups excluding tert-OH is 1. The zero-order valence-electron chi connectivity index (χ0n) is 17.6. The highest BCUT2D eigenvalue weighted by atomic mass is 16.7. The first-order chi connectivity index (χ1) is 14.8. The number of hydrogen-bond acceptors (Lipinski definition) is 7. The van der Waals surface area contributed by atoms with Crippen molar-refractivity contribution in [3.8, 4) is 11.5 Å². The number of aliphatic hydroxyl groups is 1. The van der Waals surface area contributed by atoms with Crippen LogP contribution in [0.2, 0.25) is 0 Å². The van der Waals surface area contributed by atoms with Crippen molar-refractivity contribution in [1.82, 2.24) is 4.90 Å². The fourth-order valence-corrected chi connectivity index (χ4v) is 3.65. The summed E-state index contributed by atoms with van der Waals surface area (Å²) in [5, 5.41) is 11.1. The van der Waals surface area contributed by atoms with E-state index >= 15 is 0 Å². The molecule has 0 aliphatic carbocycles. The Kier molecular flexibility index (Phi) is 5.49. The topological polar surface area (TPSA) is 94.5 Å². The molecule has 0 spiro atoms. The average Bonchev–Trinajstić information content (AvgIpc) is 3.35. The van der Waals surface area contributed by atoms with Gasteiger partial charge in [-0.05, 0) is 23.3 Å². The fourth-order valence-electron chi connectivity index (χ4n) is 3.65. The van der Waals surface area contributed by atoms with Crippen LogP contribution in [0.1, 0.15) is 38.0 Å². The van der Waals surface area contributed by atoms with E-state index in [9.17, 15) is 14.7 Å². The van der Waals surface area contributed by atoms with E-state index in [4.69, 9.17) is 18.9 Å². The van der Waals surface area contributed by atoms with Gasteiger partial charge >= 0.3 is 12.1 Å². The first kappa shape index (κ1) is 21.0. The molecule has 2 aliphatic rings. The molecule has 1 fully saturated rings. The minimum Gasteiger partial charge on any atom is -0.454 e. The van der Waals surface area contributed by atoms with E-state index in [1.807, 2.05) is 51.1 Å². The van der Waals surface area contributed by atoms with Crippen LogP contribution < -0.4 is 9.47 Å². The zero-order chi connectivity index (χ0) is 22.2. The summed E-state index contributed by atoms with van der Waals surface area (Å²) in [7, 11) is 0. The van der Waals surface area contributed by atoms with Crippen molar-refractivity contribution in [3.63, 3.8) is 0 Å². The molecular formula is C23H25NO7. The van der Waals surface area contributed by atoms with Gasteiger partial charge < -0.3 is 24.1 Å². The van der Waals surface area contributed by atoms with Crippen molar-refractivity contribution in [2.24, 2.45) is 5.41 Å². The van der Waals surface area contributed by atoms with E-state index in [-0.39, 0.29) is 13.4 Å². The number of carbonyl (C=O) groups is 2. The summed E-state index contributed by atoms with van der Waals surface area (Å²) in [4.78, 5) is 27.0. The molecule has 164 valence electrons. The number of amides is 1. The lowest BCUT2D eigenvalue weighted by molar-refractivity contribution is -0.148. The largest absolute Gasteiger partial charge is 0.454 e. The molecule has 8 heteroatoms. The van der Waals surface area contributed by atoms with Crippen LogP contribution in [0.3, 0.4) is 0 Å². The Labute approximate surface area is 180 Å². The Bertz CT molecular complexity index is 970. The van der Waals surface area contributed by atoms with Gasteiger partial charge in [-0.2, -0.15) is 0 Å². The Hall–Kier alpha value is -3.26. The van der Waals surface area contributed by atoms with Crippen molar-refractivity contribution in [2.45, 2.75) is 45.8 Å². The van der Waals surface area contributed by atoms with E-state index in [0.29, 0.717) is 17.1 Å². The lowest BCUT2D eigenvalue weighted by Crippen LogP contribution is -2.50. The van der Waals surface area contributed by atoms with Gasteiger partial charge in [0.05, 0.1) is 0 Å². The van der Waals surface area contributed by atoms with Crippen LogP contribution in [0, 0.1) is 5.41 Å². The lowest BCUT2D eigenvalue weighted by atomic mass is 9.93. The molecule has 0 radical (unpaired) electrons. The normalized spacial score (nSPS) is 21.0. The molecular weight excluding hydrogens is 404 g/mol. The molecule has 1 amide bonds. The average molecular weight is 429 g/mol. The van der Waals surface area contributed by atoms with Gasteiger partial charge in [0, 0.05) is 5.41 Å². The monoisotopic (exact) mass is 429 g/mol. The van der Waals surface area contributed by atoms with Crippen molar-refractivity contribution in [1.29, 1.82) is 0 Å². The third-order valence-corrected chi connectivity index (χ3v) is 5.22. The van der Waals surface area contributed by atoms with E-state index in [0.717, 1.165) is 5.56 Å². The predicted molar refractivity (Wildman–Crippen MR) is 109 cm³/mol. The van der Waals surface area contributed by atoms with Crippen LogP contribution in [0.5, 0.6) is 11.5 Å². The number of benzene rings is 2. The molecule has 4 rings (SSSR count). The van der Waals surface area contributed by atoms with Crippen LogP contribution in [-0.4, -0.2) is 41.1 Å². The van der Waals surface area contributed by atoms with Crippen LogP contribution in [-0.2, 0) is 20.9 Å². The second-order valence-corrected chi connectivity index (χ2v) is 8.61. The lowest BCUT2D eigenvalue weighted by Gasteiger charge is -2.34. The molecule has 0 bridgehead atoms. The minimum atomic E-state index is -1.33. The van der Waals surface area contributed by atoms with Crippen molar-refractivity contribution < 1.29 is 33.6 Å². The van der Waals surface area contributed by atoms with Gasteiger partial charge in [-0.25, -0.2) is 9.59 Å². The number of nitrogens with zero attached hydrogens (tertiary/aromatic N) is 1. The van der Waals surface area contributed by atoms with Crippen LogP contribution in [0.15, 0.2) is 48.5 Å². The van der Waals surface area contributed by atoms with Gasteiger partial charge in [0.1, 0.15) is 12.7 Å². The number of rotatable bonds is 4. The highest BCUT2D eigenvalue weighted by molar-refractivity contribution is 5.85. The van der Waals surface area contributed by atoms with Crippen molar-refractivity contribution in [3.05, 3.63) is 59.7 Å². The number of esters is 1. The maximum absolute atomic E-state index is 13.1. The standard InChI is InChI=1S/C23H25NO7/c1-23(2,3)21-24(22(27)28-12-14-7-5-4-6-8-14)18(20(26)31-21)19(25)15-9-10-16-17(11-15)30-13-29-16/h4-11,18-19,21,25H,12-13H2,1-3H3/t18-,19+,21+/m0/s1/i19+2. The number of carbonyl (C=O) groups excluding carboxylic acids is 2. The Morgan fingerprint density at radius 1 is 1.16 bits per heavy atom. The summed E-state index contributed by atoms with van der Waals surface area (Å²) in [5.74, 6) is 0.326. The molecule has 0 saturated carbocycles. The van der Waals surface area contributed by atoms with Crippen molar-refractivity contribution in [2.75, 3.05) is 6.79 Å². The van der Waals surface area contributed by atoms with Crippen molar-refractivity contribution >= 4 is 12.1 Å². The quantitative estimate of drug-likeness (QED) is 0.745. The van der Waals surface area contributed by atoms with Gasteiger partial charge in [0.15, 0.2) is 23.8 Å². The third-order valence-electron chi connectivity index (χ3n) is 5.22. The van der Waals surface area contributed by atoms with Crippen LogP contribution in [0.4, 0.5) is 4.79 Å². The second kappa shape index (κ2) is 8.11.